The van der Waals surface area contributed by atoms with Crippen LogP contribution in [0.2, 0.25) is 0 Å². The van der Waals surface area contributed by atoms with Gasteiger partial charge < -0.3 is 10.4 Å². The zero-order valence-electron chi connectivity index (χ0n) is 10.5. The number of non-ortho nitro benzene ring substituents is 1. The first-order valence-corrected chi connectivity index (χ1v) is 6.84. The van der Waals surface area contributed by atoms with Gasteiger partial charge in [-0.25, -0.2) is 0 Å². The minimum absolute atomic E-state index is 0.0469. The van der Waals surface area contributed by atoms with E-state index in [1.807, 2.05) is 12.2 Å². The molecule has 0 saturated heterocycles. The van der Waals surface area contributed by atoms with Crippen LogP contribution in [0.1, 0.15) is 16.8 Å². The van der Waals surface area contributed by atoms with Gasteiger partial charge in [0.2, 0.25) is 0 Å². The smallest absolute Gasteiger partial charge is 0.271 e. The summed E-state index contributed by atoms with van der Waals surface area (Å²) in [5.74, 6) is -0.320. The molecule has 1 amide bonds. The molecular weight excluding hydrogens is 328 g/mol. The summed E-state index contributed by atoms with van der Waals surface area (Å²) in [5, 5.41) is 22.6. The van der Waals surface area contributed by atoms with Crippen molar-refractivity contribution in [2.24, 2.45) is 5.92 Å². The average Bonchev–Trinajstić information content (AvgIpc) is 2.85. The highest BCUT2D eigenvalue weighted by Gasteiger charge is 2.21. The van der Waals surface area contributed by atoms with Gasteiger partial charge in [-0.1, -0.05) is 28.1 Å². The lowest BCUT2D eigenvalue weighted by Crippen LogP contribution is -2.32. The topological polar surface area (TPSA) is 92.5 Å². The van der Waals surface area contributed by atoms with E-state index >= 15 is 0 Å². The van der Waals surface area contributed by atoms with Crippen molar-refractivity contribution in [2.75, 3.05) is 6.61 Å². The fraction of sp³-hybridized carbons (Fsp3) is 0.308. The monoisotopic (exact) mass is 340 g/mol. The van der Waals surface area contributed by atoms with E-state index in [-0.39, 0.29) is 35.7 Å². The first kappa shape index (κ1) is 14.7. The Morgan fingerprint density at radius 2 is 2.20 bits per heavy atom. The number of benzene rings is 1. The number of nitro benzene ring substituents is 1. The lowest BCUT2D eigenvalue weighted by atomic mass is 10.1. The number of nitrogens with zero attached hydrogens (tertiary/aromatic N) is 1. The Morgan fingerprint density at radius 3 is 2.80 bits per heavy atom. The van der Waals surface area contributed by atoms with Crippen LogP contribution in [0, 0.1) is 16.0 Å². The van der Waals surface area contributed by atoms with E-state index < -0.39 is 4.92 Å². The molecule has 2 N–H and O–H groups in total. The van der Waals surface area contributed by atoms with E-state index in [4.69, 9.17) is 5.11 Å². The number of nitrogens with one attached hydrogen (secondary N) is 1. The summed E-state index contributed by atoms with van der Waals surface area (Å²) in [5.41, 5.74) is 0.0895. The maximum atomic E-state index is 12.1. The first-order chi connectivity index (χ1) is 9.49. The highest BCUT2D eigenvalue weighted by Crippen LogP contribution is 2.22. The third-order valence-electron chi connectivity index (χ3n) is 3.08. The standard InChI is InChI=1S/C13H13BrN2O4/c14-10-4-9(5-12(6-10)16(19)20)13(18)15-11-2-1-8(3-11)7-17/h1-2,4-6,8,11,17H,3,7H2,(H,15,18)/t8-,11+/m0/s1. The zero-order valence-corrected chi connectivity index (χ0v) is 12.0. The number of carbonyl (C=O) groups excluding carboxylic acids is 1. The van der Waals surface area contributed by atoms with Crippen LogP contribution in [0.15, 0.2) is 34.8 Å². The van der Waals surface area contributed by atoms with Gasteiger partial charge in [0.25, 0.3) is 11.6 Å². The summed E-state index contributed by atoms with van der Waals surface area (Å²) in [7, 11) is 0. The van der Waals surface area contributed by atoms with Gasteiger partial charge in [-0.3, -0.25) is 14.9 Å². The molecule has 0 spiro atoms. The third-order valence-corrected chi connectivity index (χ3v) is 3.54. The SMILES string of the molecule is O=C(N[C@@H]1C=C[C@H](CO)C1)c1cc(Br)cc([N+](=O)[O-])c1. The van der Waals surface area contributed by atoms with Crippen LogP contribution < -0.4 is 5.32 Å². The van der Waals surface area contributed by atoms with Crippen LogP contribution >= 0.6 is 15.9 Å². The number of aliphatic hydroxyl groups excluding tert-OH is 1. The summed E-state index contributed by atoms with van der Waals surface area (Å²) in [6, 6.07) is 3.96. The van der Waals surface area contributed by atoms with Crippen molar-refractivity contribution >= 4 is 27.5 Å². The fourth-order valence-electron chi connectivity index (χ4n) is 2.08. The lowest BCUT2D eigenvalue weighted by Gasteiger charge is -2.12. The summed E-state index contributed by atoms with van der Waals surface area (Å²) >= 11 is 3.15. The number of nitro groups is 1. The molecule has 2 rings (SSSR count). The Morgan fingerprint density at radius 1 is 1.45 bits per heavy atom. The van der Waals surface area contributed by atoms with Crippen LogP contribution in [0.3, 0.4) is 0 Å². The Hall–Kier alpha value is -1.73. The molecule has 0 aromatic heterocycles. The summed E-state index contributed by atoms with van der Waals surface area (Å²) < 4.78 is 0.479. The molecule has 1 aliphatic rings. The Balaban J connectivity index is 2.10. The minimum atomic E-state index is -0.543. The van der Waals surface area contributed by atoms with Crippen molar-refractivity contribution in [3.05, 3.63) is 50.5 Å². The predicted octanol–water partition coefficient (Wildman–Crippen LogP) is 2.02. The van der Waals surface area contributed by atoms with Gasteiger partial charge in [0, 0.05) is 40.7 Å². The summed E-state index contributed by atoms with van der Waals surface area (Å²) in [4.78, 5) is 22.3. The molecule has 0 heterocycles. The van der Waals surface area contributed by atoms with E-state index in [1.54, 1.807) is 0 Å². The van der Waals surface area contributed by atoms with Crippen LogP contribution in [-0.2, 0) is 0 Å². The van der Waals surface area contributed by atoms with E-state index in [9.17, 15) is 14.9 Å². The van der Waals surface area contributed by atoms with Crippen molar-refractivity contribution in [1.29, 1.82) is 0 Å². The fourth-order valence-corrected chi connectivity index (χ4v) is 2.56. The number of hydrogen-bond acceptors (Lipinski definition) is 4. The Kier molecular flexibility index (Phi) is 4.51. The van der Waals surface area contributed by atoms with Crippen molar-refractivity contribution in [3.63, 3.8) is 0 Å². The Bertz CT molecular complexity index is 573. The van der Waals surface area contributed by atoms with Gasteiger partial charge in [0.15, 0.2) is 0 Å². The lowest BCUT2D eigenvalue weighted by molar-refractivity contribution is -0.385. The second kappa shape index (κ2) is 6.15. The molecule has 1 aliphatic carbocycles. The summed E-state index contributed by atoms with van der Waals surface area (Å²) in [6.45, 7) is 0.0469. The van der Waals surface area contributed by atoms with Crippen molar-refractivity contribution in [3.8, 4) is 0 Å². The van der Waals surface area contributed by atoms with Crippen LogP contribution in [0.4, 0.5) is 5.69 Å². The van der Waals surface area contributed by atoms with Gasteiger partial charge >= 0.3 is 0 Å². The highest BCUT2D eigenvalue weighted by molar-refractivity contribution is 9.10. The molecule has 2 atom stereocenters. The van der Waals surface area contributed by atoms with Gasteiger partial charge in [-0.05, 0) is 12.5 Å². The second-order valence-electron chi connectivity index (χ2n) is 4.60. The van der Waals surface area contributed by atoms with Crippen molar-refractivity contribution < 1.29 is 14.8 Å². The molecule has 1 aromatic carbocycles. The number of aliphatic hydroxyl groups is 1. The zero-order chi connectivity index (χ0) is 14.7. The highest BCUT2D eigenvalue weighted by atomic mass is 79.9. The van der Waals surface area contributed by atoms with E-state index in [1.165, 1.54) is 18.2 Å². The van der Waals surface area contributed by atoms with Crippen molar-refractivity contribution in [2.45, 2.75) is 12.5 Å². The number of hydrogen-bond donors (Lipinski definition) is 2. The van der Waals surface area contributed by atoms with Gasteiger partial charge in [-0.2, -0.15) is 0 Å². The molecule has 0 radical (unpaired) electrons. The minimum Gasteiger partial charge on any atom is -0.396 e. The maximum absolute atomic E-state index is 12.1. The number of halogens is 1. The van der Waals surface area contributed by atoms with Gasteiger partial charge in [-0.15, -0.1) is 0 Å². The molecular formula is C13H13BrN2O4. The molecule has 20 heavy (non-hydrogen) atoms. The Labute approximate surface area is 123 Å². The normalized spacial score (nSPS) is 20.9. The molecule has 0 aliphatic heterocycles. The van der Waals surface area contributed by atoms with Crippen molar-refractivity contribution in [1.82, 2.24) is 5.32 Å². The van der Waals surface area contributed by atoms with E-state index in [0.717, 1.165) is 0 Å². The molecule has 6 nitrogen and oxygen atoms in total. The first-order valence-electron chi connectivity index (χ1n) is 6.04. The third kappa shape index (κ3) is 3.43. The van der Waals surface area contributed by atoms with Crippen LogP contribution in [0.5, 0.6) is 0 Å². The molecule has 0 unspecified atom stereocenters. The molecule has 0 bridgehead atoms. The average molecular weight is 341 g/mol. The van der Waals surface area contributed by atoms with E-state index in [2.05, 4.69) is 21.2 Å². The second-order valence-corrected chi connectivity index (χ2v) is 5.51. The quantitative estimate of drug-likeness (QED) is 0.498. The van der Waals surface area contributed by atoms with Crippen LogP contribution in [-0.4, -0.2) is 28.6 Å². The van der Waals surface area contributed by atoms with Crippen LogP contribution in [0.25, 0.3) is 0 Å². The largest absolute Gasteiger partial charge is 0.396 e. The van der Waals surface area contributed by atoms with Gasteiger partial charge in [0.1, 0.15) is 0 Å². The predicted molar refractivity (Wildman–Crippen MR) is 76.4 cm³/mol. The maximum Gasteiger partial charge on any atom is 0.271 e. The summed E-state index contributed by atoms with van der Waals surface area (Å²) in [6.07, 6.45) is 4.32. The number of carbonyl (C=O) groups is 1. The molecule has 1 aromatic rings. The number of rotatable bonds is 4. The molecule has 0 saturated carbocycles. The molecule has 106 valence electrons. The van der Waals surface area contributed by atoms with Gasteiger partial charge in [0.05, 0.1) is 4.92 Å². The number of amides is 1. The van der Waals surface area contributed by atoms with E-state index in [0.29, 0.717) is 10.9 Å². The molecule has 7 heteroatoms. The molecule has 0 fully saturated rings.